The maximum absolute atomic E-state index is 13.1. The Labute approximate surface area is 173 Å². The number of hydrogen-bond donors (Lipinski definition) is 0. The van der Waals surface area contributed by atoms with Gasteiger partial charge in [-0.2, -0.15) is 0 Å². The zero-order valence-electron chi connectivity index (χ0n) is 18.0. The number of carbonyl (C=O) groups is 1. The van der Waals surface area contributed by atoms with Crippen LogP contribution in [0.3, 0.4) is 0 Å². The minimum absolute atomic E-state index is 0.0132. The molecular weight excluding hydrogens is 370 g/mol. The third kappa shape index (κ3) is 3.91. The van der Waals surface area contributed by atoms with Crippen LogP contribution in [0.25, 0.3) is 0 Å². The van der Waals surface area contributed by atoms with E-state index in [9.17, 15) is 9.18 Å². The van der Waals surface area contributed by atoms with E-state index in [1.807, 2.05) is 4.90 Å². The van der Waals surface area contributed by atoms with Gasteiger partial charge in [-0.3, -0.25) is 4.79 Å². The zero-order valence-corrected chi connectivity index (χ0v) is 18.0. The van der Waals surface area contributed by atoms with Crippen molar-refractivity contribution in [3.8, 4) is 0 Å². The molecule has 0 aromatic heterocycles. The van der Waals surface area contributed by atoms with E-state index < -0.39 is 6.17 Å². The average Bonchev–Trinajstić information content (AvgIpc) is 3.38. The smallest absolute Gasteiger partial charge is 0.399 e. The Hall–Kier alpha value is -1.60. The van der Waals surface area contributed by atoms with Crippen LogP contribution in [-0.4, -0.2) is 61.5 Å². The molecule has 0 N–H and O–H groups in total. The van der Waals surface area contributed by atoms with Gasteiger partial charge in [-0.25, -0.2) is 4.39 Å². The Morgan fingerprint density at radius 1 is 1.14 bits per heavy atom. The molecule has 7 heteroatoms. The first-order valence-corrected chi connectivity index (χ1v) is 10.9. The number of alkyl halides is 1. The van der Waals surface area contributed by atoms with Gasteiger partial charge in [0.25, 0.3) is 0 Å². The van der Waals surface area contributed by atoms with Gasteiger partial charge < -0.3 is 19.1 Å². The van der Waals surface area contributed by atoms with Crippen LogP contribution in [0.2, 0.25) is 0 Å². The Morgan fingerprint density at radius 2 is 1.76 bits per heavy atom. The normalized spacial score (nSPS) is 31.3. The summed E-state index contributed by atoms with van der Waals surface area (Å²) >= 11 is 0. The van der Waals surface area contributed by atoms with Gasteiger partial charge in [0.2, 0.25) is 5.91 Å². The van der Waals surface area contributed by atoms with Crippen molar-refractivity contribution < 1.29 is 18.5 Å². The Balaban J connectivity index is 1.36. The molecule has 2 saturated heterocycles. The van der Waals surface area contributed by atoms with Crippen LogP contribution in [0, 0.1) is 5.92 Å². The molecule has 3 fully saturated rings. The minimum Gasteiger partial charge on any atom is -0.399 e. The second-order valence-electron chi connectivity index (χ2n) is 9.32. The van der Waals surface area contributed by atoms with E-state index in [4.69, 9.17) is 9.31 Å². The van der Waals surface area contributed by atoms with Crippen LogP contribution >= 0.6 is 0 Å². The molecule has 4 rings (SSSR count). The first kappa shape index (κ1) is 20.7. The molecule has 2 aliphatic heterocycles. The molecule has 3 atom stereocenters. The molecule has 1 amide bonds. The summed E-state index contributed by atoms with van der Waals surface area (Å²) in [4.78, 5) is 16.3. The van der Waals surface area contributed by atoms with Crippen LogP contribution in [0.15, 0.2) is 24.3 Å². The predicted octanol–water partition coefficient (Wildman–Crippen LogP) is 2.77. The molecule has 1 aromatic rings. The maximum Gasteiger partial charge on any atom is 0.494 e. The highest BCUT2D eigenvalue weighted by Gasteiger charge is 2.53. The van der Waals surface area contributed by atoms with Crippen LogP contribution < -0.4 is 10.4 Å². The number of halogens is 1. The zero-order chi connectivity index (χ0) is 20.8. The number of anilines is 1. The maximum atomic E-state index is 13.1. The summed E-state index contributed by atoms with van der Waals surface area (Å²) in [5.74, 6) is -0.393. The quantitative estimate of drug-likeness (QED) is 0.711. The number of nitrogens with zero attached hydrogens (tertiary/aromatic N) is 2. The molecule has 3 unspecified atom stereocenters. The molecule has 158 valence electrons. The van der Waals surface area contributed by atoms with Crippen molar-refractivity contribution >= 4 is 24.2 Å². The summed E-state index contributed by atoms with van der Waals surface area (Å²) in [6.07, 6.45) is 1.50. The van der Waals surface area contributed by atoms with Gasteiger partial charge in [-0.1, -0.05) is 25.5 Å². The molecule has 1 aromatic carbocycles. The number of piperazine rings is 1. The summed E-state index contributed by atoms with van der Waals surface area (Å²) < 4.78 is 25.7. The lowest BCUT2D eigenvalue weighted by atomic mass is 9.79. The van der Waals surface area contributed by atoms with Crippen molar-refractivity contribution in [2.75, 3.05) is 31.1 Å². The topological polar surface area (TPSA) is 42.0 Å². The van der Waals surface area contributed by atoms with Gasteiger partial charge >= 0.3 is 7.12 Å². The fraction of sp³-hybridized carbons (Fsp3) is 0.682. The first-order valence-electron chi connectivity index (χ1n) is 10.9. The van der Waals surface area contributed by atoms with Gasteiger partial charge in [-0.05, 0) is 51.2 Å². The Bertz CT molecular complexity index is 751. The first-order chi connectivity index (χ1) is 13.7. The average molecular weight is 402 g/mol. The van der Waals surface area contributed by atoms with Gasteiger partial charge in [0.15, 0.2) is 0 Å². The Morgan fingerprint density at radius 3 is 2.31 bits per heavy atom. The van der Waals surface area contributed by atoms with Crippen LogP contribution in [0.4, 0.5) is 10.1 Å². The summed E-state index contributed by atoms with van der Waals surface area (Å²) in [6.45, 7) is 11.4. The predicted molar refractivity (Wildman–Crippen MR) is 113 cm³/mol. The van der Waals surface area contributed by atoms with Crippen molar-refractivity contribution in [3.05, 3.63) is 24.3 Å². The van der Waals surface area contributed by atoms with E-state index >= 15 is 0 Å². The van der Waals surface area contributed by atoms with Gasteiger partial charge in [0, 0.05) is 31.9 Å². The van der Waals surface area contributed by atoms with Gasteiger partial charge in [0.1, 0.15) is 6.17 Å². The number of rotatable bonds is 5. The molecule has 1 aliphatic carbocycles. The second kappa shape index (κ2) is 7.58. The minimum atomic E-state index is -0.919. The van der Waals surface area contributed by atoms with E-state index in [0.29, 0.717) is 19.5 Å². The van der Waals surface area contributed by atoms with Crippen LogP contribution in [-0.2, 0) is 14.1 Å². The van der Waals surface area contributed by atoms with E-state index in [-0.39, 0.29) is 30.1 Å². The molecule has 0 spiro atoms. The van der Waals surface area contributed by atoms with E-state index in [2.05, 4.69) is 56.9 Å². The van der Waals surface area contributed by atoms with Gasteiger partial charge in [-0.15, -0.1) is 0 Å². The summed E-state index contributed by atoms with van der Waals surface area (Å²) in [5, 5.41) is 0. The molecule has 29 heavy (non-hydrogen) atoms. The lowest BCUT2D eigenvalue weighted by Gasteiger charge is -2.36. The highest BCUT2D eigenvalue weighted by atomic mass is 19.1. The van der Waals surface area contributed by atoms with E-state index in [1.54, 1.807) is 0 Å². The molecule has 3 aliphatic rings. The number of carbonyl (C=O) groups excluding carboxylic acids is 1. The van der Waals surface area contributed by atoms with Crippen molar-refractivity contribution in [1.82, 2.24) is 4.90 Å². The molecule has 1 saturated carbocycles. The highest BCUT2D eigenvalue weighted by molar-refractivity contribution is 6.62. The second-order valence-corrected chi connectivity index (χ2v) is 9.32. The van der Waals surface area contributed by atoms with Crippen molar-refractivity contribution in [3.63, 3.8) is 0 Å². The number of amides is 1. The standard InChI is InChI=1S/C22H32BFN2O3/c1-5-10-22(4)21(2,3)28-23(29-22)16-6-8-17(9-7-16)25-11-13-26(14-12-25)20(27)18-15-19(18)24/h6-9,18-19H,5,10-15H2,1-4H3. The Kier molecular flexibility index (Phi) is 5.40. The van der Waals surface area contributed by atoms with Crippen LogP contribution in [0.5, 0.6) is 0 Å². The van der Waals surface area contributed by atoms with Crippen LogP contribution in [0.1, 0.15) is 47.0 Å². The van der Waals surface area contributed by atoms with E-state index in [0.717, 1.165) is 37.1 Å². The number of benzene rings is 1. The van der Waals surface area contributed by atoms with E-state index in [1.165, 1.54) is 0 Å². The molecule has 0 radical (unpaired) electrons. The molecule has 2 heterocycles. The largest absolute Gasteiger partial charge is 0.494 e. The third-order valence-electron chi connectivity index (χ3n) is 6.92. The molecular formula is C22H32BFN2O3. The summed E-state index contributed by atoms with van der Waals surface area (Å²) in [6, 6.07) is 8.34. The summed E-state index contributed by atoms with van der Waals surface area (Å²) in [5.41, 5.74) is 1.52. The third-order valence-corrected chi connectivity index (χ3v) is 6.92. The fourth-order valence-electron chi connectivity index (χ4n) is 4.45. The molecule has 5 nitrogen and oxygen atoms in total. The van der Waals surface area contributed by atoms with Crippen molar-refractivity contribution in [2.45, 2.75) is 64.3 Å². The number of hydrogen-bond acceptors (Lipinski definition) is 4. The van der Waals surface area contributed by atoms with Gasteiger partial charge in [0.05, 0.1) is 17.1 Å². The van der Waals surface area contributed by atoms with Crippen molar-refractivity contribution in [1.29, 1.82) is 0 Å². The van der Waals surface area contributed by atoms with Crippen molar-refractivity contribution in [2.24, 2.45) is 5.92 Å². The highest BCUT2D eigenvalue weighted by Crippen LogP contribution is 2.40. The monoisotopic (exact) mass is 402 g/mol. The molecule has 0 bridgehead atoms. The fourth-order valence-corrected chi connectivity index (χ4v) is 4.45. The lowest BCUT2D eigenvalue weighted by molar-refractivity contribution is -0.133. The lowest BCUT2D eigenvalue weighted by Crippen LogP contribution is -2.49. The summed E-state index contributed by atoms with van der Waals surface area (Å²) in [7, 11) is -0.350. The SMILES string of the molecule is CCCC1(C)OB(c2ccc(N3CCN(C(=O)C4CC4F)CC3)cc2)OC1(C)C.